The summed E-state index contributed by atoms with van der Waals surface area (Å²) in [6.45, 7) is 5.02. The molecule has 0 aliphatic rings. The van der Waals surface area contributed by atoms with Crippen molar-refractivity contribution in [2.45, 2.75) is 20.3 Å². The molecule has 0 aliphatic carbocycles. The summed E-state index contributed by atoms with van der Waals surface area (Å²) >= 11 is 0. The summed E-state index contributed by atoms with van der Waals surface area (Å²) in [5, 5.41) is 3.15. The third kappa shape index (κ3) is 2.41. The Morgan fingerprint density at radius 3 is 2.39 bits per heavy atom. The lowest BCUT2D eigenvalue weighted by atomic mass is 10.1. The molecule has 0 saturated heterocycles. The second-order valence-corrected chi connectivity index (χ2v) is 4.44. The predicted octanol–water partition coefficient (Wildman–Crippen LogP) is 1.26. The van der Waals surface area contributed by atoms with Crippen LogP contribution in [-0.2, 0) is 13.5 Å². The highest BCUT2D eigenvalue weighted by atomic mass is 15.1. The van der Waals surface area contributed by atoms with E-state index >= 15 is 0 Å². The number of imidazole rings is 1. The lowest BCUT2D eigenvalue weighted by Crippen LogP contribution is -2.13. The van der Waals surface area contributed by atoms with Crippen molar-refractivity contribution in [2.24, 2.45) is 7.05 Å². The quantitative estimate of drug-likeness (QED) is 0.881. The van der Waals surface area contributed by atoms with Crippen LogP contribution in [0, 0.1) is 13.8 Å². The number of nitrogens with one attached hydrogen (secondary N) is 1. The molecule has 0 saturated carbocycles. The van der Waals surface area contributed by atoms with Gasteiger partial charge in [-0.05, 0) is 39.4 Å². The Balaban J connectivity index is 2.39. The Kier molecular flexibility index (Phi) is 3.72. The highest BCUT2D eigenvalue weighted by Crippen LogP contribution is 2.18. The third-order valence-electron chi connectivity index (χ3n) is 3.09. The molecule has 5 nitrogen and oxygen atoms in total. The molecule has 2 heterocycles. The maximum atomic E-state index is 4.59. The molecule has 2 aromatic rings. The Morgan fingerprint density at radius 2 is 1.89 bits per heavy atom. The first-order chi connectivity index (χ1) is 8.63. The summed E-state index contributed by atoms with van der Waals surface area (Å²) in [6, 6.07) is 0. The molecule has 0 atom stereocenters. The molecule has 96 valence electrons. The smallest absolute Gasteiger partial charge is 0.178 e. The van der Waals surface area contributed by atoms with Gasteiger partial charge in [0, 0.05) is 18.4 Å². The highest BCUT2D eigenvalue weighted by molar-refractivity contribution is 5.50. The minimum Gasteiger partial charge on any atom is -0.331 e. The van der Waals surface area contributed by atoms with Gasteiger partial charge in [0.1, 0.15) is 5.69 Å². The van der Waals surface area contributed by atoms with Crippen molar-refractivity contribution >= 4 is 0 Å². The van der Waals surface area contributed by atoms with Gasteiger partial charge in [0.2, 0.25) is 0 Å². The Hall–Kier alpha value is -1.75. The Labute approximate surface area is 107 Å². The molecule has 0 aromatic carbocycles. The van der Waals surface area contributed by atoms with Crippen molar-refractivity contribution in [2.75, 3.05) is 13.6 Å². The van der Waals surface area contributed by atoms with Gasteiger partial charge in [-0.3, -0.25) is 0 Å². The Bertz CT molecular complexity index is 521. The van der Waals surface area contributed by atoms with Crippen LogP contribution in [-0.4, -0.2) is 33.1 Å². The molecule has 2 rings (SSSR count). The number of nitrogens with zero attached hydrogens (tertiary/aromatic N) is 4. The number of rotatable bonds is 4. The molecule has 0 spiro atoms. The first kappa shape index (κ1) is 12.7. The second kappa shape index (κ2) is 5.27. The topological polar surface area (TPSA) is 55.6 Å². The van der Waals surface area contributed by atoms with Crippen molar-refractivity contribution in [1.82, 2.24) is 24.8 Å². The molecular formula is C13H19N5. The van der Waals surface area contributed by atoms with E-state index in [1.807, 2.05) is 32.5 Å². The average molecular weight is 245 g/mol. The minimum absolute atomic E-state index is 0.748. The van der Waals surface area contributed by atoms with Crippen molar-refractivity contribution in [1.29, 1.82) is 0 Å². The highest BCUT2D eigenvalue weighted by Gasteiger charge is 2.11. The number of aryl methyl sites for hydroxylation is 3. The zero-order valence-corrected chi connectivity index (χ0v) is 11.4. The van der Waals surface area contributed by atoms with E-state index in [-0.39, 0.29) is 0 Å². The monoisotopic (exact) mass is 245 g/mol. The van der Waals surface area contributed by atoms with Crippen LogP contribution < -0.4 is 5.32 Å². The molecule has 0 amide bonds. The lowest BCUT2D eigenvalue weighted by molar-refractivity contribution is 0.773. The van der Waals surface area contributed by atoms with Gasteiger partial charge < -0.3 is 9.88 Å². The zero-order valence-electron chi connectivity index (χ0n) is 11.4. The van der Waals surface area contributed by atoms with Crippen molar-refractivity contribution < 1.29 is 0 Å². The fourth-order valence-electron chi connectivity index (χ4n) is 2.04. The predicted molar refractivity (Wildman–Crippen MR) is 71.3 cm³/mol. The van der Waals surface area contributed by atoms with Crippen molar-refractivity contribution in [3.8, 4) is 11.5 Å². The largest absolute Gasteiger partial charge is 0.331 e. The lowest BCUT2D eigenvalue weighted by Gasteiger charge is -2.10. The summed E-state index contributed by atoms with van der Waals surface area (Å²) in [7, 11) is 3.90. The second-order valence-electron chi connectivity index (χ2n) is 4.44. The van der Waals surface area contributed by atoms with Gasteiger partial charge in [-0.1, -0.05) is 0 Å². The maximum absolute atomic E-state index is 4.59. The zero-order chi connectivity index (χ0) is 13.1. The molecule has 0 radical (unpaired) electrons. The number of hydrogen-bond donors (Lipinski definition) is 1. The first-order valence-corrected chi connectivity index (χ1v) is 6.09. The van der Waals surface area contributed by atoms with Crippen LogP contribution in [0.3, 0.4) is 0 Å². The van der Waals surface area contributed by atoms with Gasteiger partial charge in [-0.15, -0.1) is 0 Å². The van der Waals surface area contributed by atoms with Crippen LogP contribution in [0.1, 0.15) is 17.0 Å². The van der Waals surface area contributed by atoms with Crippen LogP contribution in [0.5, 0.6) is 0 Å². The molecule has 0 bridgehead atoms. The SMILES string of the molecule is CNCCc1c(C)nc(-c2cncn2C)nc1C. The third-order valence-corrected chi connectivity index (χ3v) is 3.09. The van der Waals surface area contributed by atoms with Gasteiger partial charge in [0.05, 0.1) is 12.5 Å². The fourth-order valence-corrected chi connectivity index (χ4v) is 2.04. The van der Waals surface area contributed by atoms with E-state index in [4.69, 9.17) is 0 Å². The van der Waals surface area contributed by atoms with E-state index < -0.39 is 0 Å². The summed E-state index contributed by atoms with van der Waals surface area (Å²) in [5.41, 5.74) is 4.28. The van der Waals surface area contributed by atoms with Gasteiger partial charge in [0.15, 0.2) is 5.82 Å². The molecule has 0 fully saturated rings. The number of likely N-dealkylation sites (N-methyl/N-ethyl adjacent to an activating group) is 1. The number of hydrogen-bond acceptors (Lipinski definition) is 4. The van der Waals surface area contributed by atoms with Crippen LogP contribution >= 0.6 is 0 Å². The standard InChI is InChI=1S/C13H19N5/c1-9-11(5-6-14-3)10(2)17-13(16-9)12-7-15-8-18(12)4/h7-8,14H,5-6H2,1-4H3. The normalized spacial score (nSPS) is 10.9. The summed E-state index contributed by atoms with van der Waals surface area (Å²) in [5.74, 6) is 0.748. The van der Waals surface area contributed by atoms with E-state index in [0.29, 0.717) is 0 Å². The Morgan fingerprint density at radius 1 is 1.22 bits per heavy atom. The van der Waals surface area contributed by atoms with Crippen molar-refractivity contribution in [3.63, 3.8) is 0 Å². The molecule has 2 aromatic heterocycles. The van der Waals surface area contributed by atoms with Gasteiger partial charge in [-0.25, -0.2) is 15.0 Å². The fraction of sp³-hybridized carbons (Fsp3) is 0.462. The van der Waals surface area contributed by atoms with E-state index in [1.165, 1.54) is 5.56 Å². The van der Waals surface area contributed by atoms with Crippen LogP contribution in [0.4, 0.5) is 0 Å². The average Bonchev–Trinajstić information content (AvgIpc) is 2.74. The first-order valence-electron chi connectivity index (χ1n) is 6.09. The van der Waals surface area contributed by atoms with Crippen LogP contribution in [0.25, 0.3) is 11.5 Å². The molecular weight excluding hydrogens is 226 g/mol. The summed E-state index contributed by atoms with van der Waals surface area (Å²) in [4.78, 5) is 13.3. The van der Waals surface area contributed by atoms with E-state index in [1.54, 1.807) is 12.5 Å². The minimum atomic E-state index is 0.748. The van der Waals surface area contributed by atoms with Gasteiger partial charge in [0.25, 0.3) is 0 Å². The van der Waals surface area contributed by atoms with E-state index in [2.05, 4.69) is 20.3 Å². The van der Waals surface area contributed by atoms with E-state index in [9.17, 15) is 0 Å². The molecule has 5 heteroatoms. The van der Waals surface area contributed by atoms with Gasteiger partial charge in [-0.2, -0.15) is 0 Å². The maximum Gasteiger partial charge on any atom is 0.178 e. The van der Waals surface area contributed by atoms with Crippen LogP contribution in [0.2, 0.25) is 0 Å². The summed E-state index contributed by atoms with van der Waals surface area (Å²) < 4.78 is 1.93. The van der Waals surface area contributed by atoms with Crippen molar-refractivity contribution in [3.05, 3.63) is 29.5 Å². The molecule has 0 unspecified atom stereocenters. The van der Waals surface area contributed by atoms with Crippen LogP contribution in [0.15, 0.2) is 12.5 Å². The number of aromatic nitrogens is 4. The van der Waals surface area contributed by atoms with E-state index in [0.717, 1.165) is 35.9 Å². The molecule has 18 heavy (non-hydrogen) atoms. The summed E-state index contributed by atoms with van der Waals surface area (Å²) in [6.07, 6.45) is 4.51. The van der Waals surface area contributed by atoms with Gasteiger partial charge >= 0.3 is 0 Å². The molecule has 1 N–H and O–H groups in total. The molecule has 0 aliphatic heterocycles.